The molecular weight excluding hydrogens is 304 g/mol. The molecule has 0 spiro atoms. The summed E-state index contributed by atoms with van der Waals surface area (Å²) in [6.45, 7) is 5.20. The molecule has 126 valence electrons. The lowest BCUT2D eigenvalue weighted by atomic mass is 10.1. The predicted molar refractivity (Wildman–Crippen MR) is 91.6 cm³/mol. The van der Waals surface area contributed by atoms with Crippen LogP contribution >= 0.6 is 0 Å². The van der Waals surface area contributed by atoms with E-state index in [1.807, 2.05) is 55.3 Å². The molecule has 1 atom stereocenters. The van der Waals surface area contributed by atoms with Crippen molar-refractivity contribution in [2.75, 3.05) is 18.0 Å². The number of carbonyl (C=O) groups excluding carboxylic acids is 2. The molecule has 1 fully saturated rings. The molecule has 6 heteroatoms. The Hall–Kier alpha value is -2.63. The van der Waals surface area contributed by atoms with Gasteiger partial charge in [0.15, 0.2) is 0 Å². The van der Waals surface area contributed by atoms with Crippen molar-refractivity contribution in [3.63, 3.8) is 0 Å². The van der Waals surface area contributed by atoms with E-state index in [2.05, 4.69) is 5.10 Å². The summed E-state index contributed by atoms with van der Waals surface area (Å²) in [5.74, 6) is -0.0365. The fraction of sp³-hybridized carbons (Fsp3) is 0.389. The minimum atomic E-state index is -0.0407. The lowest BCUT2D eigenvalue weighted by Crippen LogP contribution is -2.57. The molecule has 2 amide bonds. The molecule has 24 heavy (non-hydrogen) atoms. The summed E-state index contributed by atoms with van der Waals surface area (Å²) in [4.78, 5) is 28.5. The number of rotatable bonds is 4. The molecule has 3 rings (SSSR count). The van der Waals surface area contributed by atoms with E-state index in [0.717, 1.165) is 11.3 Å². The maximum atomic E-state index is 12.6. The number of para-hydroxylation sites is 1. The highest BCUT2D eigenvalue weighted by atomic mass is 16.2. The van der Waals surface area contributed by atoms with Crippen LogP contribution in [0.25, 0.3) is 0 Å². The van der Waals surface area contributed by atoms with Gasteiger partial charge in [0.1, 0.15) is 6.54 Å². The van der Waals surface area contributed by atoms with Gasteiger partial charge in [0, 0.05) is 37.6 Å². The molecular formula is C18H22N4O2. The highest BCUT2D eigenvalue weighted by Crippen LogP contribution is 2.25. The number of aryl methyl sites for hydroxylation is 2. The van der Waals surface area contributed by atoms with Crippen LogP contribution in [0.15, 0.2) is 42.7 Å². The van der Waals surface area contributed by atoms with E-state index in [1.54, 1.807) is 15.8 Å². The van der Waals surface area contributed by atoms with Gasteiger partial charge >= 0.3 is 0 Å². The quantitative estimate of drug-likeness (QED) is 0.861. The summed E-state index contributed by atoms with van der Waals surface area (Å²) in [5, 5.41) is 4.10. The monoisotopic (exact) mass is 326 g/mol. The van der Waals surface area contributed by atoms with E-state index in [-0.39, 0.29) is 24.4 Å². The Morgan fingerprint density at radius 3 is 2.75 bits per heavy atom. The summed E-state index contributed by atoms with van der Waals surface area (Å²) in [6.07, 6.45) is 3.88. The van der Waals surface area contributed by atoms with Gasteiger partial charge in [-0.15, -0.1) is 0 Å². The van der Waals surface area contributed by atoms with Crippen LogP contribution in [-0.4, -0.2) is 45.6 Å². The fourth-order valence-electron chi connectivity index (χ4n) is 3.15. The number of carbonyl (C=O) groups is 2. The SMILES string of the molecule is Cc1ccccc1N1C(=O)CN(C(=O)CCn2cccn2)CC1C. The van der Waals surface area contributed by atoms with Crippen LogP contribution in [0.5, 0.6) is 0 Å². The average Bonchev–Trinajstić information content (AvgIpc) is 3.07. The number of hydrogen-bond donors (Lipinski definition) is 0. The topological polar surface area (TPSA) is 58.4 Å². The zero-order valence-electron chi connectivity index (χ0n) is 14.1. The van der Waals surface area contributed by atoms with E-state index >= 15 is 0 Å². The fourth-order valence-corrected chi connectivity index (χ4v) is 3.15. The summed E-state index contributed by atoms with van der Waals surface area (Å²) in [6, 6.07) is 9.64. The second-order valence-corrected chi connectivity index (χ2v) is 6.19. The lowest BCUT2D eigenvalue weighted by Gasteiger charge is -2.40. The Morgan fingerprint density at radius 1 is 1.29 bits per heavy atom. The van der Waals surface area contributed by atoms with Crippen molar-refractivity contribution >= 4 is 17.5 Å². The third kappa shape index (κ3) is 3.32. The van der Waals surface area contributed by atoms with Crippen LogP contribution in [0.1, 0.15) is 18.9 Å². The van der Waals surface area contributed by atoms with E-state index < -0.39 is 0 Å². The number of hydrogen-bond acceptors (Lipinski definition) is 3. The number of piperazine rings is 1. The average molecular weight is 326 g/mol. The standard InChI is InChI=1S/C18H22N4O2/c1-14-6-3-4-7-16(14)22-15(2)12-20(13-18(22)24)17(23)8-11-21-10-5-9-19-21/h3-7,9-10,15H,8,11-13H2,1-2H3. The van der Waals surface area contributed by atoms with Gasteiger partial charge in [-0.3, -0.25) is 14.3 Å². The molecule has 1 unspecified atom stereocenters. The maximum absolute atomic E-state index is 12.6. The molecule has 1 saturated heterocycles. The van der Waals surface area contributed by atoms with E-state index in [9.17, 15) is 9.59 Å². The first-order chi connectivity index (χ1) is 11.6. The first kappa shape index (κ1) is 16.2. The lowest BCUT2D eigenvalue weighted by molar-refractivity contribution is -0.137. The number of anilines is 1. The van der Waals surface area contributed by atoms with Crippen molar-refractivity contribution in [2.24, 2.45) is 0 Å². The number of benzene rings is 1. The molecule has 0 bridgehead atoms. The van der Waals surface area contributed by atoms with Gasteiger partial charge in [-0.2, -0.15) is 5.10 Å². The van der Waals surface area contributed by atoms with Crippen molar-refractivity contribution in [3.05, 3.63) is 48.3 Å². The zero-order valence-corrected chi connectivity index (χ0v) is 14.1. The van der Waals surface area contributed by atoms with Crippen LogP contribution in [0, 0.1) is 6.92 Å². The van der Waals surface area contributed by atoms with Crippen LogP contribution < -0.4 is 4.90 Å². The van der Waals surface area contributed by atoms with Gasteiger partial charge in [0.25, 0.3) is 0 Å². The van der Waals surface area contributed by atoms with Gasteiger partial charge in [-0.05, 0) is 31.5 Å². The van der Waals surface area contributed by atoms with Crippen molar-refractivity contribution in [1.29, 1.82) is 0 Å². The molecule has 1 aliphatic heterocycles. The molecule has 1 aliphatic rings. The predicted octanol–water partition coefficient (Wildman–Crippen LogP) is 1.85. The molecule has 6 nitrogen and oxygen atoms in total. The third-order valence-corrected chi connectivity index (χ3v) is 4.36. The zero-order chi connectivity index (χ0) is 17.1. The van der Waals surface area contributed by atoms with Crippen LogP contribution in [0.3, 0.4) is 0 Å². The second kappa shape index (κ2) is 6.86. The van der Waals surface area contributed by atoms with Gasteiger partial charge in [0.2, 0.25) is 11.8 Å². The van der Waals surface area contributed by atoms with Crippen LogP contribution in [-0.2, 0) is 16.1 Å². The summed E-state index contributed by atoms with van der Waals surface area (Å²) >= 11 is 0. The van der Waals surface area contributed by atoms with Gasteiger partial charge < -0.3 is 9.80 Å². The van der Waals surface area contributed by atoms with Crippen molar-refractivity contribution < 1.29 is 9.59 Å². The van der Waals surface area contributed by atoms with Crippen molar-refractivity contribution in [1.82, 2.24) is 14.7 Å². The maximum Gasteiger partial charge on any atom is 0.246 e. The molecule has 0 aliphatic carbocycles. The normalized spacial score (nSPS) is 18.1. The molecule has 1 aromatic carbocycles. The first-order valence-corrected chi connectivity index (χ1v) is 8.19. The van der Waals surface area contributed by atoms with E-state index in [1.165, 1.54) is 0 Å². The Labute approximate surface area is 141 Å². The van der Waals surface area contributed by atoms with Crippen molar-refractivity contribution in [3.8, 4) is 0 Å². The molecule has 2 heterocycles. The summed E-state index contributed by atoms with van der Waals surface area (Å²) in [5.41, 5.74) is 2.00. The highest BCUT2D eigenvalue weighted by Gasteiger charge is 2.33. The van der Waals surface area contributed by atoms with Crippen molar-refractivity contribution in [2.45, 2.75) is 32.9 Å². The van der Waals surface area contributed by atoms with E-state index in [0.29, 0.717) is 19.5 Å². The van der Waals surface area contributed by atoms with Crippen LogP contribution in [0.4, 0.5) is 5.69 Å². The third-order valence-electron chi connectivity index (χ3n) is 4.36. The summed E-state index contributed by atoms with van der Waals surface area (Å²) < 4.78 is 1.73. The number of aromatic nitrogens is 2. The minimum Gasteiger partial charge on any atom is -0.331 e. The first-order valence-electron chi connectivity index (χ1n) is 8.19. The highest BCUT2D eigenvalue weighted by molar-refractivity contribution is 5.99. The summed E-state index contributed by atoms with van der Waals surface area (Å²) in [7, 11) is 0. The van der Waals surface area contributed by atoms with Gasteiger partial charge in [-0.25, -0.2) is 0 Å². The smallest absolute Gasteiger partial charge is 0.246 e. The Balaban J connectivity index is 1.65. The van der Waals surface area contributed by atoms with Crippen LogP contribution in [0.2, 0.25) is 0 Å². The molecule has 0 N–H and O–H groups in total. The Kier molecular flexibility index (Phi) is 4.64. The Bertz CT molecular complexity index is 726. The minimum absolute atomic E-state index is 0.00451. The van der Waals surface area contributed by atoms with Gasteiger partial charge in [-0.1, -0.05) is 18.2 Å². The second-order valence-electron chi connectivity index (χ2n) is 6.19. The van der Waals surface area contributed by atoms with E-state index in [4.69, 9.17) is 0 Å². The Morgan fingerprint density at radius 2 is 2.08 bits per heavy atom. The molecule has 2 aromatic rings. The number of amides is 2. The largest absolute Gasteiger partial charge is 0.331 e. The molecule has 1 aromatic heterocycles. The van der Waals surface area contributed by atoms with Gasteiger partial charge in [0.05, 0.1) is 6.04 Å². The molecule has 0 radical (unpaired) electrons. The number of nitrogens with zero attached hydrogens (tertiary/aromatic N) is 4. The molecule has 0 saturated carbocycles.